The van der Waals surface area contributed by atoms with E-state index in [0.29, 0.717) is 10.7 Å². The van der Waals surface area contributed by atoms with Crippen LogP contribution in [0.2, 0.25) is 0 Å². The summed E-state index contributed by atoms with van der Waals surface area (Å²) < 4.78 is 0. The van der Waals surface area contributed by atoms with Gasteiger partial charge in [0.05, 0.1) is 0 Å². The van der Waals surface area contributed by atoms with E-state index in [9.17, 15) is 4.79 Å². The Labute approximate surface area is 167 Å². The first-order chi connectivity index (χ1) is 12.8. The molecule has 27 heavy (non-hydrogen) atoms. The molecule has 0 bridgehead atoms. The molecule has 2 aromatic carbocycles. The number of hydrogen-bond acceptors (Lipinski definition) is 3. The summed E-state index contributed by atoms with van der Waals surface area (Å²) >= 11 is 5.28. The van der Waals surface area contributed by atoms with Crippen molar-refractivity contribution in [2.45, 2.75) is 39.0 Å². The molecule has 0 saturated carbocycles. The van der Waals surface area contributed by atoms with Crippen LogP contribution in [0.3, 0.4) is 0 Å². The topological polar surface area (TPSA) is 44.4 Å². The molecule has 1 fully saturated rings. The molecule has 3 rings (SSSR count). The monoisotopic (exact) mass is 381 g/mol. The predicted octanol–water partition coefficient (Wildman–Crippen LogP) is 4.71. The minimum absolute atomic E-state index is 0.0626. The Balaban J connectivity index is 1.56. The first-order valence-corrected chi connectivity index (χ1v) is 9.82. The van der Waals surface area contributed by atoms with E-state index in [0.717, 1.165) is 18.8 Å². The van der Waals surface area contributed by atoms with Crippen molar-refractivity contribution in [3.63, 3.8) is 0 Å². The van der Waals surface area contributed by atoms with Crippen molar-refractivity contribution in [2.24, 2.45) is 0 Å². The van der Waals surface area contributed by atoms with Crippen LogP contribution >= 0.6 is 12.2 Å². The number of nitrogens with zero attached hydrogens (tertiary/aromatic N) is 1. The Morgan fingerprint density at radius 3 is 2.11 bits per heavy atom. The van der Waals surface area contributed by atoms with Crippen molar-refractivity contribution in [2.75, 3.05) is 23.3 Å². The molecule has 1 aliphatic heterocycles. The Morgan fingerprint density at radius 2 is 1.56 bits per heavy atom. The van der Waals surface area contributed by atoms with E-state index in [4.69, 9.17) is 12.2 Å². The summed E-state index contributed by atoms with van der Waals surface area (Å²) in [6, 6.07) is 15.8. The first kappa shape index (κ1) is 19.4. The predicted molar refractivity (Wildman–Crippen MR) is 117 cm³/mol. The molecule has 1 heterocycles. The number of amides is 1. The zero-order valence-corrected chi connectivity index (χ0v) is 17.0. The summed E-state index contributed by atoms with van der Waals surface area (Å²) in [5, 5.41) is 6.12. The van der Waals surface area contributed by atoms with Crippen LogP contribution < -0.4 is 15.5 Å². The van der Waals surface area contributed by atoms with Gasteiger partial charge in [-0.2, -0.15) is 0 Å². The quantitative estimate of drug-likeness (QED) is 0.756. The summed E-state index contributed by atoms with van der Waals surface area (Å²) in [5.74, 6) is -0.207. The summed E-state index contributed by atoms with van der Waals surface area (Å²) in [4.78, 5) is 14.8. The molecule has 2 N–H and O–H groups in total. The standard InChI is InChI=1S/C22H27N3OS/c1-22(2,3)17-8-6-16(7-9-17)20(26)24-21(27)23-18-10-12-19(13-11-18)25-14-4-5-15-25/h6-13H,4-5,14-15H2,1-3H3,(H2,23,24,26,27). The van der Waals surface area contributed by atoms with E-state index in [2.05, 4.69) is 48.4 Å². The van der Waals surface area contributed by atoms with Crippen LogP contribution in [0.1, 0.15) is 49.5 Å². The number of thiocarbonyl (C=S) groups is 1. The van der Waals surface area contributed by atoms with E-state index >= 15 is 0 Å². The summed E-state index contributed by atoms with van der Waals surface area (Å²) in [5.41, 5.74) is 3.94. The zero-order valence-electron chi connectivity index (χ0n) is 16.2. The maximum atomic E-state index is 12.4. The van der Waals surface area contributed by atoms with E-state index in [-0.39, 0.29) is 11.3 Å². The minimum Gasteiger partial charge on any atom is -0.372 e. The van der Waals surface area contributed by atoms with Gasteiger partial charge in [0.25, 0.3) is 5.91 Å². The lowest BCUT2D eigenvalue weighted by Gasteiger charge is -2.19. The minimum atomic E-state index is -0.207. The lowest BCUT2D eigenvalue weighted by atomic mass is 9.87. The van der Waals surface area contributed by atoms with Gasteiger partial charge >= 0.3 is 0 Å². The van der Waals surface area contributed by atoms with Crippen molar-refractivity contribution in [1.82, 2.24) is 5.32 Å². The van der Waals surface area contributed by atoms with Crippen molar-refractivity contribution in [3.05, 3.63) is 59.7 Å². The van der Waals surface area contributed by atoms with Crippen LogP contribution in [0.5, 0.6) is 0 Å². The highest BCUT2D eigenvalue weighted by Gasteiger charge is 2.15. The third-order valence-corrected chi connectivity index (χ3v) is 5.04. The molecular weight excluding hydrogens is 354 g/mol. The maximum absolute atomic E-state index is 12.4. The Hall–Kier alpha value is -2.40. The van der Waals surface area contributed by atoms with E-state index in [1.807, 2.05) is 36.4 Å². The van der Waals surface area contributed by atoms with Gasteiger partial charge in [0, 0.05) is 30.0 Å². The number of hydrogen-bond donors (Lipinski definition) is 2. The molecule has 2 aromatic rings. The average Bonchev–Trinajstić information content (AvgIpc) is 3.16. The smallest absolute Gasteiger partial charge is 0.257 e. The third-order valence-electron chi connectivity index (χ3n) is 4.84. The number of anilines is 2. The number of nitrogens with one attached hydrogen (secondary N) is 2. The molecule has 1 aliphatic rings. The fraction of sp³-hybridized carbons (Fsp3) is 0.364. The lowest BCUT2D eigenvalue weighted by Crippen LogP contribution is -2.34. The number of carbonyl (C=O) groups excluding carboxylic acids is 1. The van der Waals surface area contributed by atoms with E-state index < -0.39 is 0 Å². The fourth-order valence-electron chi connectivity index (χ4n) is 3.19. The van der Waals surface area contributed by atoms with Gasteiger partial charge in [-0.15, -0.1) is 0 Å². The van der Waals surface area contributed by atoms with Gasteiger partial charge in [-0.3, -0.25) is 10.1 Å². The van der Waals surface area contributed by atoms with E-state index in [1.54, 1.807) is 0 Å². The normalized spacial score (nSPS) is 14.1. The largest absolute Gasteiger partial charge is 0.372 e. The highest BCUT2D eigenvalue weighted by molar-refractivity contribution is 7.80. The number of benzene rings is 2. The molecule has 0 radical (unpaired) electrons. The second-order valence-corrected chi connectivity index (χ2v) is 8.38. The fourth-order valence-corrected chi connectivity index (χ4v) is 3.40. The molecule has 1 saturated heterocycles. The van der Waals surface area contributed by atoms with Gasteiger partial charge in [-0.1, -0.05) is 32.9 Å². The van der Waals surface area contributed by atoms with Gasteiger partial charge in [0.1, 0.15) is 0 Å². The van der Waals surface area contributed by atoms with E-state index in [1.165, 1.54) is 24.1 Å². The third kappa shape index (κ3) is 5.07. The number of carbonyl (C=O) groups is 1. The second kappa shape index (κ2) is 8.09. The highest BCUT2D eigenvalue weighted by Crippen LogP contribution is 2.23. The Morgan fingerprint density at radius 1 is 0.963 bits per heavy atom. The van der Waals surface area contributed by atoms with Gasteiger partial charge in [-0.05, 0) is 72.4 Å². The van der Waals surface area contributed by atoms with Gasteiger partial charge < -0.3 is 10.2 Å². The Kier molecular flexibility index (Phi) is 5.80. The van der Waals surface area contributed by atoms with Crippen LogP contribution in [0.15, 0.2) is 48.5 Å². The average molecular weight is 382 g/mol. The van der Waals surface area contributed by atoms with Crippen LogP contribution in [0, 0.1) is 0 Å². The van der Waals surface area contributed by atoms with Crippen molar-refractivity contribution < 1.29 is 4.79 Å². The summed E-state index contributed by atoms with van der Waals surface area (Å²) in [6.07, 6.45) is 2.51. The van der Waals surface area contributed by atoms with Crippen molar-refractivity contribution in [3.8, 4) is 0 Å². The lowest BCUT2D eigenvalue weighted by molar-refractivity contribution is 0.0977. The molecule has 5 heteroatoms. The van der Waals surface area contributed by atoms with Crippen LogP contribution in [0.4, 0.5) is 11.4 Å². The zero-order chi connectivity index (χ0) is 19.4. The molecule has 0 aromatic heterocycles. The summed E-state index contributed by atoms with van der Waals surface area (Å²) in [6.45, 7) is 8.69. The molecule has 142 valence electrons. The van der Waals surface area contributed by atoms with Crippen LogP contribution in [0.25, 0.3) is 0 Å². The van der Waals surface area contributed by atoms with Gasteiger partial charge in [0.15, 0.2) is 5.11 Å². The molecular formula is C22H27N3OS. The first-order valence-electron chi connectivity index (χ1n) is 9.41. The molecule has 0 atom stereocenters. The van der Waals surface area contributed by atoms with Gasteiger partial charge in [0.2, 0.25) is 0 Å². The van der Waals surface area contributed by atoms with Crippen LogP contribution in [-0.4, -0.2) is 24.1 Å². The number of rotatable bonds is 3. The molecule has 0 aliphatic carbocycles. The SMILES string of the molecule is CC(C)(C)c1ccc(C(=O)NC(=S)Nc2ccc(N3CCCC3)cc2)cc1. The molecule has 1 amide bonds. The van der Waals surface area contributed by atoms with Crippen molar-refractivity contribution in [1.29, 1.82) is 0 Å². The molecule has 4 nitrogen and oxygen atoms in total. The summed E-state index contributed by atoms with van der Waals surface area (Å²) in [7, 11) is 0. The molecule has 0 spiro atoms. The molecule has 0 unspecified atom stereocenters. The highest BCUT2D eigenvalue weighted by atomic mass is 32.1. The van der Waals surface area contributed by atoms with Crippen LogP contribution in [-0.2, 0) is 5.41 Å². The Bertz CT molecular complexity index is 801. The van der Waals surface area contributed by atoms with Gasteiger partial charge in [-0.25, -0.2) is 0 Å². The maximum Gasteiger partial charge on any atom is 0.257 e. The second-order valence-electron chi connectivity index (χ2n) is 7.98. The van der Waals surface area contributed by atoms with Crippen molar-refractivity contribution >= 4 is 34.6 Å².